The number of rotatable bonds is 6. The summed E-state index contributed by atoms with van der Waals surface area (Å²) in [4.78, 5) is 11.8. The van der Waals surface area contributed by atoms with E-state index in [1.165, 1.54) is 12.5 Å². The Balaban J connectivity index is 1.69. The molecule has 0 unspecified atom stereocenters. The van der Waals surface area contributed by atoms with Gasteiger partial charge in [-0.15, -0.1) is 0 Å². The van der Waals surface area contributed by atoms with Gasteiger partial charge in [-0.25, -0.2) is 5.43 Å². The zero-order chi connectivity index (χ0) is 18.4. The van der Waals surface area contributed by atoms with E-state index in [2.05, 4.69) is 10.5 Å². The lowest BCUT2D eigenvalue weighted by atomic mass is 10.2. The van der Waals surface area contributed by atoms with Crippen LogP contribution < -0.4 is 10.2 Å². The highest BCUT2D eigenvalue weighted by atomic mass is 35.5. The summed E-state index contributed by atoms with van der Waals surface area (Å²) in [5.41, 5.74) is 3.94. The summed E-state index contributed by atoms with van der Waals surface area (Å²) < 4.78 is 10.8. The number of carbonyl (C=O) groups is 1. The van der Waals surface area contributed by atoms with Crippen LogP contribution >= 0.6 is 23.2 Å². The minimum absolute atomic E-state index is 0.172. The molecule has 0 aliphatic rings. The molecule has 3 rings (SSSR count). The van der Waals surface area contributed by atoms with Crippen molar-refractivity contribution in [2.45, 2.75) is 6.61 Å². The fourth-order valence-corrected chi connectivity index (χ4v) is 2.56. The Labute approximate surface area is 160 Å². The van der Waals surface area contributed by atoms with Crippen molar-refractivity contribution in [3.05, 3.63) is 87.8 Å². The van der Waals surface area contributed by atoms with Crippen LogP contribution in [0.2, 0.25) is 10.0 Å². The van der Waals surface area contributed by atoms with Crippen LogP contribution in [-0.4, -0.2) is 12.1 Å². The normalized spacial score (nSPS) is 10.8. The van der Waals surface area contributed by atoms with Crippen LogP contribution in [0.5, 0.6) is 5.75 Å². The third-order valence-corrected chi connectivity index (χ3v) is 3.84. The molecule has 7 heteroatoms. The highest BCUT2D eigenvalue weighted by Gasteiger charge is 2.07. The van der Waals surface area contributed by atoms with Gasteiger partial charge in [0.2, 0.25) is 0 Å². The van der Waals surface area contributed by atoms with Crippen molar-refractivity contribution in [1.82, 2.24) is 5.43 Å². The van der Waals surface area contributed by atoms with E-state index < -0.39 is 5.91 Å². The predicted octanol–water partition coefficient (Wildman–Crippen LogP) is 4.93. The predicted molar refractivity (Wildman–Crippen MR) is 101 cm³/mol. The van der Waals surface area contributed by atoms with Gasteiger partial charge in [0.25, 0.3) is 0 Å². The van der Waals surface area contributed by atoms with Gasteiger partial charge in [-0.05, 0) is 48.0 Å². The molecule has 0 saturated heterocycles. The van der Waals surface area contributed by atoms with Crippen LogP contribution in [-0.2, 0) is 6.61 Å². The molecule has 1 N–H and O–H groups in total. The Morgan fingerprint density at radius 1 is 1.12 bits per heavy atom. The van der Waals surface area contributed by atoms with E-state index in [-0.39, 0.29) is 5.76 Å². The molecule has 26 heavy (non-hydrogen) atoms. The van der Waals surface area contributed by atoms with Gasteiger partial charge in [0.05, 0.1) is 12.5 Å². The number of ether oxygens (including phenoxy) is 1. The lowest BCUT2D eigenvalue weighted by Gasteiger charge is -2.10. The van der Waals surface area contributed by atoms with Crippen molar-refractivity contribution in [2.75, 3.05) is 0 Å². The van der Waals surface area contributed by atoms with E-state index in [1.807, 2.05) is 18.2 Å². The van der Waals surface area contributed by atoms with Crippen LogP contribution in [0.25, 0.3) is 0 Å². The van der Waals surface area contributed by atoms with Gasteiger partial charge in [-0.1, -0.05) is 35.3 Å². The maximum Gasteiger partial charge on any atom is 0.307 e. The van der Waals surface area contributed by atoms with E-state index >= 15 is 0 Å². The second-order valence-corrected chi connectivity index (χ2v) is 6.15. The molecule has 132 valence electrons. The standard InChI is InChI=1S/C19H14Cl2N2O3/c20-15-4-1-3-13(9-15)12-26-17-7-6-16(21)10-14(17)11-22-23-19(24)18-5-2-8-25-18/h1-11H,12H2,(H,23,24)/b22-11+. The highest BCUT2D eigenvalue weighted by molar-refractivity contribution is 6.31. The Bertz CT molecular complexity index is 924. The van der Waals surface area contributed by atoms with E-state index in [0.29, 0.717) is 28.0 Å². The summed E-state index contributed by atoms with van der Waals surface area (Å²) >= 11 is 12.0. The van der Waals surface area contributed by atoms with E-state index in [1.54, 1.807) is 36.4 Å². The Morgan fingerprint density at radius 2 is 1.96 bits per heavy atom. The minimum Gasteiger partial charge on any atom is -0.488 e. The monoisotopic (exact) mass is 388 g/mol. The third kappa shape index (κ3) is 4.88. The number of hydrogen-bond donors (Lipinski definition) is 1. The topological polar surface area (TPSA) is 63.8 Å². The van der Waals surface area contributed by atoms with Gasteiger partial charge in [0.15, 0.2) is 5.76 Å². The smallest absolute Gasteiger partial charge is 0.307 e. The summed E-state index contributed by atoms with van der Waals surface area (Å²) in [5, 5.41) is 5.09. The van der Waals surface area contributed by atoms with Crippen molar-refractivity contribution in [2.24, 2.45) is 5.10 Å². The zero-order valence-corrected chi connectivity index (χ0v) is 15.0. The summed E-state index contributed by atoms with van der Waals surface area (Å²) in [6, 6.07) is 15.7. The fraction of sp³-hybridized carbons (Fsp3) is 0.0526. The maximum atomic E-state index is 11.8. The van der Waals surface area contributed by atoms with Crippen LogP contribution in [0.4, 0.5) is 0 Å². The molecule has 1 amide bonds. The van der Waals surface area contributed by atoms with Crippen molar-refractivity contribution in [3.8, 4) is 5.75 Å². The SMILES string of the molecule is O=C(N/N=C/c1cc(Cl)ccc1OCc1cccc(Cl)c1)c1ccco1. The number of halogens is 2. The molecule has 5 nitrogen and oxygen atoms in total. The van der Waals surface area contributed by atoms with Crippen molar-refractivity contribution >= 4 is 35.3 Å². The molecule has 0 fully saturated rings. The van der Waals surface area contributed by atoms with E-state index in [9.17, 15) is 4.79 Å². The Morgan fingerprint density at radius 3 is 2.73 bits per heavy atom. The second kappa shape index (κ2) is 8.56. The van der Waals surface area contributed by atoms with Gasteiger partial charge >= 0.3 is 5.91 Å². The van der Waals surface area contributed by atoms with Crippen molar-refractivity contribution in [1.29, 1.82) is 0 Å². The van der Waals surface area contributed by atoms with Gasteiger partial charge in [-0.2, -0.15) is 5.10 Å². The summed E-state index contributed by atoms with van der Waals surface area (Å²) in [5.74, 6) is 0.297. The first-order valence-electron chi connectivity index (χ1n) is 7.65. The molecule has 3 aromatic rings. The number of hydrazone groups is 1. The van der Waals surface area contributed by atoms with Gasteiger partial charge in [0, 0.05) is 15.6 Å². The lowest BCUT2D eigenvalue weighted by Crippen LogP contribution is -2.16. The van der Waals surface area contributed by atoms with Crippen LogP contribution in [0.3, 0.4) is 0 Å². The summed E-state index contributed by atoms with van der Waals surface area (Å²) in [6.07, 6.45) is 2.87. The number of nitrogens with zero attached hydrogens (tertiary/aromatic N) is 1. The number of carbonyl (C=O) groups excluding carboxylic acids is 1. The Kier molecular flexibility index (Phi) is 5.94. The first-order chi connectivity index (χ1) is 12.6. The van der Waals surface area contributed by atoms with Crippen LogP contribution in [0, 0.1) is 0 Å². The molecular formula is C19H14Cl2N2O3. The molecule has 0 aliphatic heterocycles. The molecule has 0 atom stereocenters. The molecule has 0 spiro atoms. The van der Waals surface area contributed by atoms with Crippen LogP contribution in [0.15, 0.2) is 70.4 Å². The molecule has 0 saturated carbocycles. The first-order valence-corrected chi connectivity index (χ1v) is 8.41. The summed E-state index contributed by atoms with van der Waals surface area (Å²) in [7, 11) is 0. The average Bonchev–Trinajstić information content (AvgIpc) is 3.16. The molecule has 0 bridgehead atoms. The number of furan rings is 1. The fourth-order valence-electron chi connectivity index (χ4n) is 2.16. The molecule has 0 radical (unpaired) electrons. The zero-order valence-electron chi connectivity index (χ0n) is 13.5. The van der Waals surface area contributed by atoms with E-state index in [0.717, 1.165) is 5.56 Å². The number of hydrogen-bond acceptors (Lipinski definition) is 4. The number of benzene rings is 2. The molecule has 1 heterocycles. The lowest BCUT2D eigenvalue weighted by molar-refractivity contribution is 0.0927. The molecule has 2 aromatic carbocycles. The third-order valence-electron chi connectivity index (χ3n) is 3.37. The van der Waals surface area contributed by atoms with Crippen molar-refractivity contribution in [3.63, 3.8) is 0 Å². The quantitative estimate of drug-likeness (QED) is 0.480. The largest absolute Gasteiger partial charge is 0.488 e. The Hall–Kier alpha value is -2.76. The average molecular weight is 389 g/mol. The number of amides is 1. The first kappa shape index (κ1) is 18.0. The molecule has 0 aliphatic carbocycles. The van der Waals surface area contributed by atoms with Gasteiger partial charge < -0.3 is 9.15 Å². The van der Waals surface area contributed by atoms with Gasteiger partial charge in [-0.3, -0.25) is 4.79 Å². The highest BCUT2D eigenvalue weighted by Crippen LogP contribution is 2.23. The number of nitrogens with one attached hydrogen (secondary N) is 1. The van der Waals surface area contributed by atoms with Gasteiger partial charge in [0.1, 0.15) is 12.4 Å². The van der Waals surface area contributed by atoms with Crippen LogP contribution in [0.1, 0.15) is 21.7 Å². The second-order valence-electron chi connectivity index (χ2n) is 5.28. The molecular weight excluding hydrogens is 375 g/mol. The van der Waals surface area contributed by atoms with E-state index in [4.69, 9.17) is 32.4 Å². The maximum absolute atomic E-state index is 11.8. The minimum atomic E-state index is -0.449. The van der Waals surface area contributed by atoms with Crippen molar-refractivity contribution < 1.29 is 13.9 Å². The summed E-state index contributed by atoms with van der Waals surface area (Å²) in [6.45, 7) is 0.335. The molecule has 1 aromatic heterocycles.